The van der Waals surface area contributed by atoms with Gasteiger partial charge >= 0.3 is 0 Å². The number of rotatable bonds is 3. The van der Waals surface area contributed by atoms with Crippen LogP contribution in [0.2, 0.25) is 0 Å². The van der Waals surface area contributed by atoms with Crippen molar-refractivity contribution in [1.29, 1.82) is 0 Å². The van der Waals surface area contributed by atoms with Crippen LogP contribution in [-0.4, -0.2) is 34.7 Å². The van der Waals surface area contributed by atoms with E-state index in [9.17, 15) is 8.42 Å². The number of benzene rings is 1. The summed E-state index contributed by atoms with van der Waals surface area (Å²) in [5.74, 6) is 0. The second-order valence-corrected chi connectivity index (χ2v) is 5.92. The van der Waals surface area contributed by atoms with Crippen molar-refractivity contribution in [2.45, 2.75) is 17.4 Å². The number of nitrogens with two attached hydrogens (primary N) is 2. The molecule has 0 spiro atoms. The first-order valence-corrected chi connectivity index (χ1v) is 7.16. The van der Waals surface area contributed by atoms with Crippen LogP contribution in [-0.2, 0) is 14.8 Å². The number of anilines is 2. The van der Waals surface area contributed by atoms with Gasteiger partial charge in [-0.05, 0) is 24.6 Å². The normalized spacial score (nSPS) is 20.3. The smallest absolute Gasteiger partial charge is 0.238 e. The molecule has 1 atom stereocenters. The minimum Gasteiger partial charge on any atom is -0.397 e. The lowest BCUT2D eigenvalue weighted by Crippen LogP contribution is -2.23. The molecule has 0 bridgehead atoms. The number of hydrogen-bond donors (Lipinski definition) is 2. The van der Waals surface area contributed by atoms with Crippen molar-refractivity contribution >= 4 is 21.4 Å². The van der Waals surface area contributed by atoms with Crippen molar-refractivity contribution in [2.24, 2.45) is 5.14 Å². The minimum absolute atomic E-state index is 0.0336. The lowest BCUT2D eigenvalue weighted by atomic mass is 10.2. The summed E-state index contributed by atoms with van der Waals surface area (Å²) in [5.41, 5.74) is 7.12. The molecule has 0 amide bonds. The minimum atomic E-state index is -3.70. The number of sulfonamides is 1. The number of hydrogen-bond acceptors (Lipinski definition) is 5. The number of ether oxygens (including phenoxy) is 1. The van der Waals surface area contributed by atoms with Gasteiger partial charge in [0, 0.05) is 20.2 Å². The zero-order valence-electron chi connectivity index (χ0n) is 10.2. The van der Waals surface area contributed by atoms with Crippen LogP contribution in [0, 0.1) is 0 Å². The Morgan fingerprint density at radius 1 is 1.44 bits per heavy atom. The molecule has 1 saturated heterocycles. The number of primary sulfonamides is 1. The summed E-state index contributed by atoms with van der Waals surface area (Å²) in [5, 5.41) is 5.06. The quantitative estimate of drug-likeness (QED) is 0.762. The molecular weight excluding hydrogens is 254 g/mol. The molecule has 18 heavy (non-hydrogen) atoms. The molecule has 1 aromatic carbocycles. The maximum atomic E-state index is 11.2. The predicted molar refractivity (Wildman–Crippen MR) is 69.9 cm³/mol. The van der Waals surface area contributed by atoms with Crippen LogP contribution in [0.3, 0.4) is 0 Å². The van der Waals surface area contributed by atoms with E-state index in [-0.39, 0.29) is 11.0 Å². The van der Waals surface area contributed by atoms with E-state index in [1.807, 2.05) is 0 Å². The molecule has 4 N–H and O–H groups in total. The first-order chi connectivity index (χ1) is 8.41. The number of methoxy groups -OCH3 is 1. The molecule has 1 heterocycles. The second kappa shape index (κ2) is 4.75. The molecule has 2 rings (SSSR count). The lowest BCUT2D eigenvalue weighted by molar-refractivity contribution is 0.121. The van der Waals surface area contributed by atoms with E-state index in [4.69, 9.17) is 15.6 Å². The monoisotopic (exact) mass is 271 g/mol. The van der Waals surface area contributed by atoms with Crippen molar-refractivity contribution in [1.82, 2.24) is 0 Å². The maximum absolute atomic E-state index is 11.2. The van der Waals surface area contributed by atoms with Crippen molar-refractivity contribution in [3.63, 3.8) is 0 Å². The molecule has 0 aliphatic carbocycles. The van der Waals surface area contributed by atoms with Gasteiger partial charge in [-0.25, -0.2) is 13.6 Å². The number of nitrogen functional groups attached to an aromatic ring is 1. The van der Waals surface area contributed by atoms with Crippen LogP contribution in [0.1, 0.15) is 6.42 Å². The Hall–Kier alpha value is -1.31. The van der Waals surface area contributed by atoms with E-state index in [0.29, 0.717) is 5.69 Å². The fourth-order valence-electron chi connectivity index (χ4n) is 2.14. The molecule has 1 aromatic rings. The van der Waals surface area contributed by atoms with Gasteiger partial charge in [-0.15, -0.1) is 0 Å². The average molecular weight is 271 g/mol. The summed E-state index contributed by atoms with van der Waals surface area (Å²) in [7, 11) is -2.02. The molecule has 1 fully saturated rings. The largest absolute Gasteiger partial charge is 0.397 e. The molecule has 1 aliphatic heterocycles. The SMILES string of the molecule is COC1CCN(c2ccc(S(N)(=O)=O)cc2N)C1. The molecule has 0 saturated carbocycles. The van der Waals surface area contributed by atoms with Crippen molar-refractivity contribution in [2.75, 3.05) is 30.8 Å². The highest BCUT2D eigenvalue weighted by Crippen LogP contribution is 2.29. The van der Waals surface area contributed by atoms with Gasteiger partial charge in [-0.3, -0.25) is 0 Å². The molecule has 1 aliphatic rings. The third kappa shape index (κ3) is 2.58. The Labute approximate surface area is 107 Å². The van der Waals surface area contributed by atoms with Gasteiger partial charge in [0.15, 0.2) is 0 Å². The van der Waals surface area contributed by atoms with Crippen LogP contribution in [0.15, 0.2) is 23.1 Å². The Morgan fingerprint density at radius 3 is 2.67 bits per heavy atom. The summed E-state index contributed by atoms with van der Waals surface area (Å²) in [6.07, 6.45) is 1.13. The van der Waals surface area contributed by atoms with E-state index in [1.165, 1.54) is 12.1 Å². The summed E-state index contributed by atoms with van der Waals surface area (Å²) >= 11 is 0. The van der Waals surface area contributed by atoms with Gasteiger partial charge < -0.3 is 15.4 Å². The Balaban J connectivity index is 2.26. The molecule has 6 nitrogen and oxygen atoms in total. The first kappa shape index (κ1) is 13.1. The van der Waals surface area contributed by atoms with Gasteiger partial charge in [-0.2, -0.15) is 0 Å². The Morgan fingerprint density at radius 2 is 2.17 bits per heavy atom. The highest BCUT2D eigenvalue weighted by atomic mass is 32.2. The van der Waals surface area contributed by atoms with Crippen molar-refractivity contribution < 1.29 is 13.2 Å². The van der Waals surface area contributed by atoms with Gasteiger partial charge in [0.2, 0.25) is 10.0 Å². The molecule has 0 aromatic heterocycles. The van der Waals surface area contributed by atoms with Gasteiger partial charge in [-0.1, -0.05) is 0 Å². The molecule has 0 radical (unpaired) electrons. The van der Waals surface area contributed by atoms with Crippen LogP contribution >= 0.6 is 0 Å². The molecule has 7 heteroatoms. The Kier molecular flexibility index (Phi) is 3.47. The lowest BCUT2D eigenvalue weighted by Gasteiger charge is -2.20. The fraction of sp³-hybridized carbons (Fsp3) is 0.455. The zero-order chi connectivity index (χ0) is 13.3. The molecule has 1 unspecified atom stereocenters. The van der Waals surface area contributed by atoms with E-state index in [1.54, 1.807) is 13.2 Å². The van der Waals surface area contributed by atoms with Crippen molar-refractivity contribution in [3.05, 3.63) is 18.2 Å². The van der Waals surface area contributed by atoms with E-state index >= 15 is 0 Å². The van der Waals surface area contributed by atoms with Crippen LogP contribution in [0.5, 0.6) is 0 Å². The molecule has 100 valence electrons. The zero-order valence-corrected chi connectivity index (χ0v) is 11.0. The maximum Gasteiger partial charge on any atom is 0.238 e. The summed E-state index contributed by atoms with van der Waals surface area (Å²) in [4.78, 5) is 2.11. The topological polar surface area (TPSA) is 98.6 Å². The van der Waals surface area contributed by atoms with E-state index in [2.05, 4.69) is 4.90 Å². The van der Waals surface area contributed by atoms with Crippen molar-refractivity contribution in [3.8, 4) is 0 Å². The summed E-state index contributed by atoms with van der Waals surface area (Å²) in [6.45, 7) is 1.60. The second-order valence-electron chi connectivity index (χ2n) is 4.36. The first-order valence-electron chi connectivity index (χ1n) is 5.62. The van der Waals surface area contributed by atoms with E-state index < -0.39 is 10.0 Å². The van der Waals surface area contributed by atoms with Crippen LogP contribution in [0.25, 0.3) is 0 Å². The van der Waals surface area contributed by atoms with Crippen LogP contribution in [0.4, 0.5) is 11.4 Å². The predicted octanol–water partition coefficient (Wildman–Crippen LogP) is 0.141. The van der Waals surface area contributed by atoms with Crippen LogP contribution < -0.4 is 15.8 Å². The van der Waals surface area contributed by atoms with Gasteiger partial charge in [0.1, 0.15) is 0 Å². The molecular formula is C11H17N3O3S. The summed E-state index contributed by atoms with van der Waals surface area (Å²) < 4.78 is 27.7. The average Bonchev–Trinajstić information content (AvgIpc) is 2.76. The highest BCUT2D eigenvalue weighted by molar-refractivity contribution is 7.89. The van der Waals surface area contributed by atoms with Gasteiger partial charge in [0.05, 0.1) is 22.4 Å². The third-order valence-electron chi connectivity index (χ3n) is 3.15. The number of nitrogens with zero attached hydrogens (tertiary/aromatic N) is 1. The third-order valence-corrected chi connectivity index (χ3v) is 4.06. The Bertz CT molecular complexity index is 544. The fourth-order valence-corrected chi connectivity index (χ4v) is 2.69. The van der Waals surface area contributed by atoms with E-state index in [0.717, 1.165) is 25.2 Å². The van der Waals surface area contributed by atoms with Gasteiger partial charge in [0.25, 0.3) is 0 Å². The standard InChI is InChI=1S/C11H17N3O3S/c1-17-8-4-5-14(7-8)11-3-2-9(6-10(11)12)18(13,15)16/h2-3,6,8H,4-5,7,12H2,1H3,(H2,13,15,16). The highest BCUT2D eigenvalue weighted by Gasteiger charge is 2.24. The summed E-state index contributed by atoms with van der Waals surface area (Å²) in [6, 6.07) is 4.55.